The van der Waals surface area contributed by atoms with Gasteiger partial charge in [0.1, 0.15) is 0 Å². The van der Waals surface area contributed by atoms with Crippen molar-refractivity contribution < 1.29 is 4.74 Å². The summed E-state index contributed by atoms with van der Waals surface area (Å²) in [6.07, 6.45) is 0.938. The molecule has 0 amide bonds. The van der Waals surface area contributed by atoms with Gasteiger partial charge in [0, 0.05) is 0 Å². The van der Waals surface area contributed by atoms with Gasteiger partial charge >= 0.3 is 0 Å². The van der Waals surface area contributed by atoms with Crippen molar-refractivity contribution in [3.05, 3.63) is 53.8 Å². The molecule has 0 atom stereocenters. The number of benzene rings is 1. The van der Waals surface area contributed by atoms with Crippen LogP contribution in [0.5, 0.6) is 0 Å². The van der Waals surface area contributed by atoms with Gasteiger partial charge in [-0.3, -0.25) is 0 Å². The van der Waals surface area contributed by atoms with Crippen molar-refractivity contribution in [2.24, 2.45) is 0 Å². The molecule has 1 rings (SSSR count). The maximum absolute atomic E-state index is 5.26. The summed E-state index contributed by atoms with van der Waals surface area (Å²) < 4.78 is 5.26. The van der Waals surface area contributed by atoms with Gasteiger partial charge in [0.15, 0.2) is 0 Å². The molecule has 0 unspecified atom stereocenters. The molecule has 0 spiro atoms. The summed E-state index contributed by atoms with van der Waals surface area (Å²) in [5, 5.41) is 0. The zero-order valence-corrected chi connectivity index (χ0v) is 9.71. The minimum absolute atomic E-state index is 0.938. The number of allylic oxidation sites excluding steroid dienone is 3. The van der Waals surface area contributed by atoms with Crippen LogP contribution in [0.15, 0.2) is 48.2 Å². The molecule has 0 aliphatic rings. The third-order valence-corrected chi connectivity index (χ3v) is 2.57. The van der Waals surface area contributed by atoms with E-state index in [1.807, 2.05) is 25.1 Å². The van der Waals surface area contributed by atoms with Crippen molar-refractivity contribution in [1.29, 1.82) is 0 Å². The fourth-order valence-corrected chi connectivity index (χ4v) is 1.61. The van der Waals surface area contributed by atoms with E-state index in [1.165, 1.54) is 5.57 Å². The summed E-state index contributed by atoms with van der Waals surface area (Å²) in [7, 11) is 1.70. The van der Waals surface area contributed by atoms with Crippen LogP contribution < -0.4 is 0 Å². The van der Waals surface area contributed by atoms with Gasteiger partial charge in [-0.25, -0.2) is 0 Å². The average molecular weight is 202 g/mol. The van der Waals surface area contributed by atoms with Crippen LogP contribution in [0.25, 0.3) is 5.57 Å². The first-order valence-corrected chi connectivity index (χ1v) is 5.19. The number of hydrogen-bond acceptors (Lipinski definition) is 1. The summed E-state index contributed by atoms with van der Waals surface area (Å²) in [6.45, 7) is 8.22. The van der Waals surface area contributed by atoms with E-state index in [2.05, 4.69) is 25.6 Å². The van der Waals surface area contributed by atoms with Crippen LogP contribution in [0.2, 0.25) is 0 Å². The molecule has 0 radical (unpaired) electrons. The molecule has 0 saturated heterocycles. The van der Waals surface area contributed by atoms with Crippen molar-refractivity contribution in [1.82, 2.24) is 0 Å². The second-order valence-electron chi connectivity index (χ2n) is 3.44. The largest absolute Gasteiger partial charge is 0.501 e. The maximum Gasteiger partial charge on any atom is 0.0962 e. The van der Waals surface area contributed by atoms with Gasteiger partial charge in [-0.05, 0) is 30.1 Å². The van der Waals surface area contributed by atoms with Crippen LogP contribution in [-0.4, -0.2) is 7.11 Å². The predicted octanol–water partition coefficient (Wildman–Crippen LogP) is 4.03. The molecule has 0 N–H and O–H groups in total. The van der Waals surface area contributed by atoms with Crippen LogP contribution in [0.3, 0.4) is 0 Å². The number of hydrogen-bond donors (Lipinski definition) is 0. The fraction of sp³-hybridized carbons (Fsp3) is 0.286. The van der Waals surface area contributed by atoms with Crippen LogP contribution >= 0.6 is 0 Å². The van der Waals surface area contributed by atoms with Gasteiger partial charge < -0.3 is 4.74 Å². The Morgan fingerprint density at radius 1 is 1.27 bits per heavy atom. The fourth-order valence-electron chi connectivity index (χ4n) is 1.61. The Labute approximate surface area is 92.1 Å². The highest BCUT2D eigenvalue weighted by atomic mass is 16.5. The van der Waals surface area contributed by atoms with E-state index in [4.69, 9.17) is 4.74 Å². The molecule has 0 saturated carbocycles. The summed E-state index contributed by atoms with van der Waals surface area (Å²) >= 11 is 0. The van der Waals surface area contributed by atoms with Gasteiger partial charge in [-0.15, -0.1) is 0 Å². The van der Waals surface area contributed by atoms with Crippen LogP contribution in [0.4, 0.5) is 0 Å². The summed E-state index contributed by atoms with van der Waals surface area (Å²) in [6, 6.07) is 10.2. The third-order valence-electron chi connectivity index (χ3n) is 2.57. The molecule has 15 heavy (non-hydrogen) atoms. The minimum atomic E-state index is 0.938. The Morgan fingerprint density at radius 2 is 1.87 bits per heavy atom. The predicted molar refractivity (Wildman–Crippen MR) is 65.5 cm³/mol. The van der Waals surface area contributed by atoms with Crippen LogP contribution in [0.1, 0.15) is 25.8 Å². The lowest BCUT2D eigenvalue weighted by Gasteiger charge is -2.12. The summed E-state index contributed by atoms with van der Waals surface area (Å²) in [4.78, 5) is 0. The van der Waals surface area contributed by atoms with Crippen molar-refractivity contribution in [2.45, 2.75) is 20.3 Å². The lowest BCUT2D eigenvalue weighted by molar-refractivity contribution is 0.289. The van der Waals surface area contributed by atoms with Crippen molar-refractivity contribution in [2.75, 3.05) is 7.11 Å². The van der Waals surface area contributed by atoms with Gasteiger partial charge in [0.05, 0.1) is 12.9 Å². The quantitative estimate of drug-likeness (QED) is 0.529. The molecular formula is C14H18O. The Morgan fingerprint density at radius 3 is 2.33 bits per heavy atom. The number of rotatable bonds is 4. The minimum Gasteiger partial charge on any atom is -0.501 e. The normalized spacial score (nSPS) is 11.9. The van der Waals surface area contributed by atoms with E-state index in [0.29, 0.717) is 0 Å². The first-order valence-electron chi connectivity index (χ1n) is 5.19. The number of ether oxygens (including phenoxy) is 1. The highest BCUT2D eigenvalue weighted by Crippen LogP contribution is 2.26. The highest BCUT2D eigenvalue weighted by Gasteiger charge is 2.07. The molecule has 0 aliphatic heterocycles. The van der Waals surface area contributed by atoms with E-state index in [-0.39, 0.29) is 0 Å². The van der Waals surface area contributed by atoms with Crippen LogP contribution in [-0.2, 0) is 4.74 Å². The lowest BCUT2D eigenvalue weighted by atomic mass is 9.97. The van der Waals surface area contributed by atoms with E-state index in [0.717, 1.165) is 23.3 Å². The number of methoxy groups -OCH3 is 1. The standard InChI is InChI=1S/C14H18O/c1-5-14(12(3)15-4)11(2)13-9-7-6-8-10-13/h6-10H,2,5H2,1,3-4H3/b14-12-. The third kappa shape index (κ3) is 2.72. The van der Waals surface area contributed by atoms with E-state index in [9.17, 15) is 0 Å². The Hall–Kier alpha value is -1.50. The van der Waals surface area contributed by atoms with Crippen LogP contribution in [0, 0.1) is 0 Å². The van der Waals surface area contributed by atoms with Crippen molar-refractivity contribution >= 4 is 5.57 Å². The smallest absolute Gasteiger partial charge is 0.0962 e. The molecule has 1 aromatic carbocycles. The Bertz CT molecular complexity index is 360. The second kappa shape index (κ2) is 5.40. The SMILES string of the molecule is C=C(/C(CC)=C(/C)OC)c1ccccc1. The van der Waals surface area contributed by atoms with E-state index < -0.39 is 0 Å². The summed E-state index contributed by atoms with van der Waals surface area (Å²) in [5.74, 6) is 0.950. The summed E-state index contributed by atoms with van der Waals surface area (Å²) in [5.41, 5.74) is 3.40. The molecule has 1 aromatic rings. The molecule has 80 valence electrons. The zero-order valence-electron chi connectivity index (χ0n) is 9.71. The second-order valence-corrected chi connectivity index (χ2v) is 3.44. The van der Waals surface area contributed by atoms with E-state index >= 15 is 0 Å². The van der Waals surface area contributed by atoms with Gasteiger partial charge in [-0.1, -0.05) is 43.8 Å². The zero-order chi connectivity index (χ0) is 11.3. The molecule has 0 heterocycles. The molecule has 0 aromatic heterocycles. The first kappa shape index (κ1) is 11.6. The topological polar surface area (TPSA) is 9.23 Å². The molecule has 1 heteroatoms. The van der Waals surface area contributed by atoms with Gasteiger partial charge in [0.25, 0.3) is 0 Å². The molecule has 0 aliphatic carbocycles. The molecule has 0 fully saturated rings. The van der Waals surface area contributed by atoms with Crippen molar-refractivity contribution in [3.63, 3.8) is 0 Å². The van der Waals surface area contributed by atoms with Crippen molar-refractivity contribution in [3.8, 4) is 0 Å². The molecular weight excluding hydrogens is 184 g/mol. The Balaban J connectivity index is 3.04. The lowest BCUT2D eigenvalue weighted by Crippen LogP contribution is -1.93. The molecule has 1 nitrogen and oxygen atoms in total. The van der Waals surface area contributed by atoms with E-state index in [1.54, 1.807) is 7.11 Å². The Kier molecular flexibility index (Phi) is 4.17. The monoisotopic (exact) mass is 202 g/mol. The average Bonchev–Trinajstić information content (AvgIpc) is 2.30. The highest BCUT2D eigenvalue weighted by molar-refractivity contribution is 5.77. The van der Waals surface area contributed by atoms with Gasteiger partial charge in [-0.2, -0.15) is 0 Å². The maximum atomic E-state index is 5.26. The first-order chi connectivity index (χ1) is 7.20. The molecule has 0 bridgehead atoms. The van der Waals surface area contributed by atoms with Gasteiger partial charge in [0.2, 0.25) is 0 Å².